The summed E-state index contributed by atoms with van der Waals surface area (Å²) in [7, 11) is 0. The SMILES string of the molecule is CC(C)NCC(O)COc1c(C(C)(C)C)cc(Oc2ccccc2)cc1C(C)(C)C. The van der Waals surface area contributed by atoms with Crippen LogP contribution in [0.1, 0.15) is 66.5 Å². The second-order valence-corrected chi connectivity index (χ2v) is 10.3. The Labute approximate surface area is 182 Å². The lowest BCUT2D eigenvalue weighted by Gasteiger charge is -2.31. The maximum Gasteiger partial charge on any atom is 0.128 e. The van der Waals surface area contributed by atoms with Gasteiger partial charge >= 0.3 is 0 Å². The molecule has 1 atom stereocenters. The van der Waals surface area contributed by atoms with Gasteiger partial charge in [-0.25, -0.2) is 0 Å². The van der Waals surface area contributed by atoms with Crippen molar-refractivity contribution in [1.29, 1.82) is 0 Å². The van der Waals surface area contributed by atoms with Crippen molar-refractivity contribution in [3.8, 4) is 17.2 Å². The number of aliphatic hydroxyl groups is 1. The fourth-order valence-corrected chi connectivity index (χ4v) is 3.17. The zero-order valence-electron chi connectivity index (χ0n) is 19.9. The Morgan fingerprint density at radius 1 is 0.867 bits per heavy atom. The molecular formula is C26H39NO3. The Bertz CT molecular complexity index is 766. The summed E-state index contributed by atoms with van der Waals surface area (Å²) in [6, 6.07) is 14.3. The molecule has 0 radical (unpaired) electrons. The van der Waals surface area contributed by atoms with Crippen LogP contribution in [0.2, 0.25) is 0 Å². The molecule has 0 amide bonds. The van der Waals surface area contributed by atoms with E-state index in [1.807, 2.05) is 30.3 Å². The van der Waals surface area contributed by atoms with Gasteiger partial charge in [0.2, 0.25) is 0 Å². The van der Waals surface area contributed by atoms with Crippen LogP contribution in [-0.4, -0.2) is 30.4 Å². The molecule has 166 valence electrons. The average Bonchev–Trinajstić information content (AvgIpc) is 2.64. The van der Waals surface area contributed by atoms with Crippen LogP contribution in [0.5, 0.6) is 17.2 Å². The van der Waals surface area contributed by atoms with E-state index in [9.17, 15) is 5.11 Å². The van der Waals surface area contributed by atoms with E-state index < -0.39 is 6.10 Å². The van der Waals surface area contributed by atoms with Crippen molar-refractivity contribution in [3.05, 3.63) is 53.6 Å². The number of benzene rings is 2. The summed E-state index contributed by atoms with van der Waals surface area (Å²) >= 11 is 0. The van der Waals surface area contributed by atoms with E-state index in [0.717, 1.165) is 28.4 Å². The Hall–Kier alpha value is -2.04. The summed E-state index contributed by atoms with van der Waals surface area (Å²) in [6.45, 7) is 17.9. The first-order valence-electron chi connectivity index (χ1n) is 10.8. The molecule has 2 aromatic carbocycles. The molecule has 0 fully saturated rings. The van der Waals surface area contributed by atoms with Crippen molar-refractivity contribution in [2.45, 2.75) is 78.4 Å². The van der Waals surface area contributed by atoms with Gasteiger partial charge in [-0.1, -0.05) is 73.6 Å². The zero-order chi connectivity index (χ0) is 22.5. The Morgan fingerprint density at radius 2 is 1.40 bits per heavy atom. The lowest BCUT2D eigenvalue weighted by molar-refractivity contribution is 0.102. The molecule has 2 rings (SSSR count). The van der Waals surface area contributed by atoms with Gasteiger partial charge in [0.1, 0.15) is 30.0 Å². The normalized spacial score (nSPS) is 13.4. The van der Waals surface area contributed by atoms with Gasteiger partial charge in [0.05, 0.1) is 0 Å². The molecule has 0 aliphatic carbocycles. The first-order chi connectivity index (χ1) is 13.9. The molecule has 4 nitrogen and oxygen atoms in total. The van der Waals surface area contributed by atoms with Crippen LogP contribution in [0.3, 0.4) is 0 Å². The molecule has 0 spiro atoms. The Kier molecular flexibility index (Phi) is 7.95. The first kappa shape index (κ1) is 24.2. The molecule has 0 aliphatic heterocycles. The van der Waals surface area contributed by atoms with E-state index in [4.69, 9.17) is 9.47 Å². The molecule has 0 heterocycles. The highest BCUT2D eigenvalue weighted by Crippen LogP contribution is 2.43. The number of nitrogens with one attached hydrogen (secondary N) is 1. The van der Waals surface area contributed by atoms with E-state index in [-0.39, 0.29) is 17.4 Å². The number of ether oxygens (including phenoxy) is 2. The third-order valence-corrected chi connectivity index (χ3v) is 4.84. The molecule has 2 N–H and O–H groups in total. The van der Waals surface area contributed by atoms with Gasteiger partial charge in [0.25, 0.3) is 0 Å². The molecular weight excluding hydrogens is 374 g/mol. The molecule has 1 unspecified atom stereocenters. The van der Waals surface area contributed by atoms with Gasteiger partial charge in [-0.3, -0.25) is 0 Å². The molecule has 0 aliphatic rings. The van der Waals surface area contributed by atoms with Crippen molar-refractivity contribution >= 4 is 0 Å². The monoisotopic (exact) mass is 413 g/mol. The fourth-order valence-electron chi connectivity index (χ4n) is 3.17. The third kappa shape index (κ3) is 7.03. The van der Waals surface area contributed by atoms with E-state index in [1.54, 1.807) is 0 Å². The van der Waals surface area contributed by atoms with Crippen LogP contribution in [0, 0.1) is 0 Å². The smallest absolute Gasteiger partial charge is 0.128 e. The second kappa shape index (κ2) is 9.84. The fraction of sp³-hybridized carbons (Fsp3) is 0.538. The van der Waals surface area contributed by atoms with E-state index >= 15 is 0 Å². The highest BCUT2D eigenvalue weighted by molar-refractivity contribution is 5.53. The minimum atomic E-state index is -0.576. The van der Waals surface area contributed by atoms with Crippen molar-refractivity contribution in [2.24, 2.45) is 0 Å². The third-order valence-electron chi connectivity index (χ3n) is 4.84. The van der Waals surface area contributed by atoms with Gasteiger partial charge in [-0.2, -0.15) is 0 Å². The van der Waals surface area contributed by atoms with Crippen molar-refractivity contribution in [3.63, 3.8) is 0 Å². The zero-order valence-corrected chi connectivity index (χ0v) is 19.9. The van der Waals surface area contributed by atoms with Crippen molar-refractivity contribution in [1.82, 2.24) is 5.32 Å². The number of rotatable bonds is 8. The molecule has 4 heteroatoms. The quantitative estimate of drug-likeness (QED) is 0.573. The summed E-state index contributed by atoms with van der Waals surface area (Å²) in [4.78, 5) is 0. The predicted octanol–water partition coefficient (Wildman–Crippen LogP) is 5.81. The maximum atomic E-state index is 10.4. The van der Waals surface area contributed by atoms with Crippen LogP contribution < -0.4 is 14.8 Å². The van der Waals surface area contributed by atoms with Crippen molar-refractivity contribution in [2.75, 3.05) is 13.2 Å². The van der Waals surface area contributed by atoms with E-state index in [2.05, 4.69) is 72.8 Å². The number of hydrogen-bond acceptors (Lipinski definition) is 4. The van der Waals surface area contributed by atoms with Crippen LogP contribution in [0.25, 0.3) is 0 Å². The van der Waals surface area contributed by atoms with Crippen LogP contribution >= 0.6 is 0 Å². The largest absolute Gasteiger partial charge is 0.490 e. The van der Waals surface area contributed by atoms with E-state index in [0.29, 0.717) is 12.6 Å². The first-order valence-corrected chi connectivity index (χ1v) is 10.8. The Morgan fingerprint density at radius 3 is 1.87 bits per heavy atom. The van der Waals surface area contributed by atoms with Crippen LogP contribution in [0.15, 0.2) is 42.5 Å². The lowest BCUT2D eigenvalue weighted by Crippen LogP contribution is -2.35. The van der Waals surface area contributed by atoms with Gasteiger partial charge in [0.15, 0.2) is 0 Å². The van der Waals surface area contributed by atoms with Gasteiger partial charge in [-0.05, 0) is 35.1 Å². The Balaban J connectivity index is 2.42. The summed E-state index contributed by atoms with van der Waals surface area (Å²) in [6.07, 6.45) is -0.576. The minimum absolute atomic E-state index is 0.146. The number of hydrogen-bond donors (Lipinski definition) is 2. The van der Waals surface area contributed by atoms with Gasteiger partial charge in [0, 0.05) is 23.7 Å². The summed E-state index contributed by atoms with van der Waals surface area (Å²) in [5.74, 6) is 2.45. The lowest BCUT2D eigenvalue weighted by atomic mass is 9.79. The molecule has 0 saturated heterocycles. The van der Waals surface area contributed by atoms with Crippen LogP contribution in [-0.2, 0) is 10.8 Å². The van der Waals surface area contributed by atoms with Gasteiger partial charge in [-0.15, -0.1) is 0 Å². The molecule has 30 heavy (non-hydrogen) atoms. The maximum absolute atomic E-state index is 10.4. The average molecular weight is 414 g/mol. The summed E-state index contributed by atoms with van der Waals surface area (Å²) < 4.78 is 12.5. The number of para-hydroxylation sites is 1. The highest BCUT2D eigenvalue weighted by Gasteiger charge is 2.29. The van der Waals surface area contributed by atoms with Gasteiger partial charge < -0.3 is 19.9 Å². The standard InChI is InChI=1S/C26H39NO3/c1-18(2)27-16-19(28)17-29-24-22(25(3,4)5)14-21(15-23(24)26(6,7)8)30-20-12-10-9-11-13-20/h9-15,18-19,27-28H,16-17H2,1-8H3. The second-order valence-electron chi connectivity index (χ2n) is 10.3. The van der Waals surface area contributed by atoms with Crippen LogP contribution in [0.4, 0.5) is 0 Å². The van der Waals surface area contributed by atoms with E-state index in [1.165, 1.54) is 0 Å². The summed E-state index contributed by atoms with van der Waals surface area (Å²) in [5.41, 5.74) is 1.86. The predicted molar refractivity (Wildman–Crippen MR) is 125 cm³/mol. The minimum Gasteiger partial charge on any atom is -0.490 e. The highest BCUT2D eigenvalue weighted by atomic mass is 16.5. The number of aliphatic hydroxyl groups excluding tert-OH is 1. The topological polar surface area (TPSA) is 50.7 Å². The molecule has 2 aromatic rings. The molecule has 0 bridgehead atoms. The molecule has 0 saturated carbocycles. The van der Waals surface area contributed by atoms with Crippen molar-refractivity contribution < 1.29 is 14.6 Å². The molecule has 0 aromatic heterocycles. The summed E-state index contributed by atoms with van der Waals surface area (Å²) in [5, 5.41) is 13.6.